The van der Waals surface area contributed by atoms with E-state index in [0.29, 0.717) is 0 Å². The number of unbranched alkanes of at least 4 members (excludes halogenated alkanes) is 2. The molecule has 0 amide bonds. The van der Waals surface area contributed by atoms with E-state index in [1.165, 1.54) is 30.1 Å². The molecule has 0 aliphatic carbocycles. The van der Waals surface area contributed by atoms with Gasteiger partial charge in [-0.15, -0.1) is 0 Å². The van der Waals surface area contributed by atoms with Crippen molar-refractivity contribution >= 4 is 19.8 Å². The average molecular weight is 275 g/mol. The Morgan fingerprint density at radius 1 is 1.08 bits per heavy atom. The molecular weight excluding hydrogens is 251 g/mol. The first-order valence-electron chi connectivity index (χ1n) is 5.46. The van der Waals surface area contributed by atoms with Crippen LogP contribution in [0.15, 0.2) is 12.7 Å². The van der Waals surface area contributed by atoms with Crippen LogP contribution in [-0.4, -0.2) is 19.8 Å². The number of hydrogen-bond acceptors (Lipinski definition) is 0. The summed E-state index contributed by atoms with van der Waals surface area (Å²) in [5.41, 5.74) is 0. The molecule has 1 heteroatoms. The number of allylic oxidation sites excluding steroid dienone is 1. The second-order valence-corrected chi connectivity index (χ2v) is 13.3. The molecule has 0 atom stereocenters. The van der Waals surface area contributed by atoms with Gasteiger partial charge >= 0.3 is 85.3 Å². The fraction of sp³-hybridized carbons (Fsp3) is 0.818. The first kappa shape index (κ1) is 12.5. The Labute approximate surface area is 85.2 Å². The van der Waals surface area contributed by atoms with Crippen molar-refractivity contribution in [2.45, 2.75) is 52.8 Å². The van der Waals surface area contributed by atoms with E-state index in [9.17, 15) is 0 Å². The SMILES string of the molecule is C=C[CH2][SnH]([CH2]CCC)[CH2]CCC. The molecule has 0 aliphatic rings. The summed E-state index contributed by atoms with van der Waals surface area (Å²) in [5, 5.41) is 0. The second kappa shape index (κ2) is 9.63. The molecule has 0 fully saturated rings. The molecule has 0 aromatic heterocycles. The Bertz CT molecular complexity index is 91.2. The van der Waals surface area contributed by atoms with Crippen LogP contribution in [0, 0.1) is 0 Å². The molecule has 12 heavy (non-hydrogen) atoms. The monoisotopic (exact) mass is 276 g/mol. The zero-order valence-corrected chi connectivity index (χ0v) is 12.1. The average Bonchev–Trinajstić information content (AvgIpc) is 2.10. The van der Waals surface area contributed by atoms with Gasteiger partial charge in [-0.25, -0.2) is 0 Å². The van der Waals surface area contributed by atoms with Gasteiger partial charge in [0.2, 0.25) is 0 Å². The topological polar surface area (TPSA) is 0 Å². The standard InChI is InChI=1S/2C4H9.C3H5.Sn.H/c2*1-3-4-2;1-3-2;;/h2*1,3-4H2,2H3;3H,1-2H2;;. The Morgan fingerprint density at radius 2 is 1.58 bits per heavy atom. The summed E-state index contributed by atoms with van der Waals surface area (Å²) >= 11 is -1.06. The third-order valence-corrected chi connectivity index (χ3v) is 12.3. The van der Waals surface area contributed by atoms with Gasteiger partial charge in [-0.2, -0.15) is 0 Å². The Morgan fingerprint density at radius 3 is 1.92 bits per heavy atom. The van der Waals surface area contributed by atoms with Gasteiger partial charge in [0.1, 0.15) is 0 Å². The van der Waals surface area contributed by atoms with Crippen LogP contribution in [0.4, 0.5) is 0 Å². The van der Waals surface area contributed by atoms with Crippen molar-refractivity contribution in [3.63, 3.8) is 0 Å². The molecule has 72 valence electrons. The molecule has 0 radical (unpaired) electrons. The second-order valence-electron chi connectivity index (χ2n) is 3.67. The molecule has 0 aromatic carbocycles. The van der Waals surface area contributed by atoms with E-state index >= 15 is 0 Å². The van der Waals surface area contributed by atoms with Crippen molar-refractivity contribution in [1.29, 1.82) is 0 Å². The fourth-order valence-corrected chi connectivity index (χ4v) is 10.7. The van der Waals surface area contributed by atoms with Crippen molar-refractivity contribution < 1.29 is 0 Å². The summed E-state index contributed by atoms with van der Waals surface area (Å²) in [6.07, 6.45) is 7.91. The zero-order chi connectivity index (χ0) is 9.23. The van der Waals surface area contributed by atoms with E-state index in [4.69, 9.17) is 0 Å². The molecule has 0 nitrogen and oxygen atoms in total. The summed E-state index contributed by atoms with van der Waals surface area (Å²) in [6.45, 7) is 8.47. The van der Waals surface area contributed by atoms with Gasteiger partial charge in [-0.1, -0.05) is 0 Å². The predicted molar refractivity (Wildman–Crippen MR) is 61.6 cm³/mol. The van der Waals surface area contributed by atoms with Crippen molar-refractivity contribution in [2.24, 2.45) is 0 Å². The molecular formula is C11H24Sn. The minimum atomic E-state index is -1.06. The summed E-state index contributed by atoms with van der Waals surface area (Å²) in [5.74, 6) is 0. The van der Waals surface area contributed by atoms with Crippen LogP contribution in [0.3, 0.4) is 0 Å². The quantitative estimate of drug-likeness (QED) is 0.464. The summed E-state index contributed by atoms with van der Waals surface area (Å²) in [4.78, 5) is 0. The minimum absolute atomic E-state index is 1.06. The van der Waals surface area contributed by atoms with Crippen LogP contribution < -0.4 is 0 Å². The van der Waals surface area contributed by atoms with E-state index in [0.717, 1.165) is 0 Å². The van der Waals surface area contributed by atoms with Crippen LogP contribution >= 0.6 is 0 Å². The van der Waals surface area contributed by atoms with Gasteiger partial charge in [0.05, 0.1) is 0 Å². The molecule has 0 unspecified atom stereocenters. The Kier molecular flexibility index (Phi) is 10.1. The first-order chi connectivity index (χ1) is 5.85. The maximum atomic E-state index is 3.87. The van der Waals surface area contributed by atoms with Gasteiger partial charge < -0.3 is 0 Å². The molecule has 0 saturated heterocycles. The normalized spacial score (nSPS) is 10.6. The van der Waals surface area contributed by atoms with Crippen LogP contribution in [0.25, 0.3) is 0 Å². The van der Waals surface area contributed by atoms with E-state index in [1.807, 2.05) is 0 Å². The zero-order valence-electron chi connectivity index (χ0n) is 8.81. The predicted octanol–water partition coefficient (Wildman–Crippen LogP) is 4.00. The molecule has 0 saturated carbocycles. The van der Waals surface area contributed by atoms with Crippen molar-refractivity contribution in [1.82, 2.24) is 0 Å². The fourth-order valence-electron chi connectivity index (χ4n) is 1.60. The van der Waals surface area contributed by atoms with E-state index in [2.05, 4.69) is 26.5 Å². The first-order valence-corrected chi connectivity index (χ1v) is 12.4. The summed E-state index contributed by atoms with van der Waals surface area (Å²) in [7, 11) is 0. The van der Waals surface area contributed by atoms with Crippen LogP contribution in [0.1, 0.15) is 39.5 Å². The van der Waals surface area contributed by atoms with Gasteiger partial charge in [0, 0.05) is 0 Å². The van der Waals surface area contributed by atoms with Gasteiger partial charge in [0.15, 0.2) is 0 Å². The maximum absolute atomic E-state index is 3.87. The molecule has 0 aromatic rings. The molecule has 0 rings (SSSR count). The van der Waals surface area contributed by atoms with Crippen LogP contribution in [0.2, 0.25) is 13.3 Å². The third kappa shape index (κ3) is 7.20. The van der Waals surface area contributed by atoms with E-state index in [-0.39, 0.29) is 0 Å². The van der Waals surface area contributed by atoms with E-state index in [1.54, 1.807) is 8.87 Å². The molecule has 0 spiro atoms. The Hall–Kier alpha value is 0.539. The molecule has 0 aliphatic heterocycles. The van der Waals surface area contributed by atoms with Gasteiger partial charge in [-0.05, 0) is 0 Å². The third-order valence-electron chi connectivity index (χ3n) is 2.43. The Balaban J connectivity index is 3.46. The molecule has 0 bridgehead atoms. The van der Waals surface area contributed by atoms with E-state index < -0.39 is 19.8 Å². The summed E-state index contributed by atoms with van der Waals surface area (Å²) in [6, 6.07) is 0. The number of hydrogen-bond donors (Lipinski definition) is 0. The van der Waals surface area contributed by atoms with Crippen molar-refractivity contribution in [3.8, 4) is 0 Å². The number of rotatable bonds is 8. The summed E-state index contributed by atoms with van der Waals surface area (Å²) < 4.78 is 4.66. The van der Waals surface area contributed by atoms with Crippen molar-refractivity contribution in [2.75, 3.05) is 0 Å². The molecule has 0 heterocycles. The van der Waals surface area contributed by atoms with Crippen LogP contribution in [0.5, 0.6) is 0 Å². The van der Waals surface area contributed by atoms with Crippen molar-refractivity contribution in [3.05, 3.63) is 12.7 Å². The van der Waals surface area contributed by atoms with Crippen LogP contribution in [-0.2, 0) is 0 Å². The van der Waals surface area contributed by atoms with Gasteiger partial charge in [-0.3, -0.25) is 0 Å². The van der Waals surface area contributed by atoms with Gasteiger partial charge in [0.25, 0.3) is 0 Å². The molecule has 0 N–H and O–H groups in total.